The lowest BCUT2D eigenvalue weighted by atomic mass is 9.88. The van der Waals surface area contributed by atoms with E-state index in [0.717, 1.165) is 37.4 Å². The average molecular weight is 307 g/mol. The number of ketones is 1. The number of hydrogen-bond donors (Lipinski definition) is 1. The van der Waals surface area contributed by atoms with E-state index in [9.17, 15) is 4.79 Å². The monoisotopic (exact) mass is 306 g/mol. The quantitative estimate of drug-likeness (QED) is 0.907. The molecule has 1 aliphatic rings. The van der Waals surface area contributed by atoms with Gasteiger partial charge >= 0.3 is 0 Å². The molecule has 0 saturated carbocycles. The largest absolute Gasteiger partial charge is 0.386 e. The van der Waals surface area contributed by atoms with E-state index in [1.54, 1.807) is 0 Å². The topological polar surface area (TPSA) is 32.3 Å². The summed E-state index contributed by atoms with van der Waals surface area (Å²) in [6.45, 7) is 11.3. The fraction of sp³-hybridized carbons (Fsp3) is 0.471. The van der Waals surface area contributed by atoms with Crippen LogP contribution in [-0.2, 0) is 4.79 Å². The van der Waals surface area contributed by atoms with Crippen LogP contribution in [0.3, 0.4) is 0 Å². The molecule has 21 heavy (non-hydrogen) atoms. The van der Waals surface area contributed by atoms with Crippen molar-refractivity contribution in [2.45, 2.75) is 19.8 Å². The summed E-state index contributed by atoms with van der Waals surface area (Å²) in [7, 11) is 0. The fourth-order valence-corrected chi connectivity index (χ4v) is 2.79. The Morgan fingerprint density at radius 2 is 2.05 bits per heavy atom. The molecule has 1 heterocycles. The summed E-state index contributed by atoms with van der Waals surface area (Å²) < 4.78 is 0. The number of piperazine rings is 1. The predicted octanol–water partition coefficient (Wildman–Crippen LogP) is 3.07. The molecule has 0 bridgehead atoms. The normalized spacial score (nSPS) is 17.6. The molecule has 0 aromatic heterocycles. The SMILES string of the molecule is C=C1CN(C[C@H](C(=O)C(C)C)c2ccc(Cl)cc2)CCN1. The number of halogens is 1. The maximum atomic E-state index is 12.6. The molecule has 1 aromatic rings. The Balaban J connectivity index is 2.17. The fourth-order valence-electron chi connectivity index (χ4n) is 2.67. The van der Waals surface area contributed by atoms with Crippen LogP contribution in [0.2, 0.25) is 5.02 Å². The van der Waals surface area contributed by atoms with E-state index in [4.69, 9.17) is 11.6 Å². The van der Waals surface area contributed by atoms with E-state index < -0.39 is 0 Å². The molecule has 0 spiro atoms. The van der Waals surface area contributed by atoms with Crippen LogP contribution in [0.5, 0.6) is 0 Å². The highest BCUT2D eigenvalue weighted by atomic mass is 35.5. The lowest BCUT2D eigenvalue weighted by molar-refractivity contribution is -0.123. The molecule has 0 unspecified atom stereocenters. The molecular formula is C17H23ClN2O. The smallest absolute Gasteiger partial charge is 0.144 e. The van der Waals surface area contributed by atoms with Gasteiger partial charge in [0.2, 0.25) is 0 Å². The summed E-state index contributed by atoms with van der Waals surface area (Å²) in [6, 6.07) is 7.64. The van der Waals surface area contributed by atoms with E-state index in [1.165, 1.54) is 0 Å². The number of hydrogen-bond acceptors (Lipinski definition) is 3. The standard InChI is InChI=1S/C17H23ClN2O/c1-12(2)17(21)16(14-4-6-15(18)7-5-14)11-20-9-8-19-13(3)10-20/h4-7,12,16,19H,3,8-11H2,1-2H3/t16-/m0/s1. The van der Waals surface area contributed by atoms with Crippen molar-refractivity contribution >= 4 is 17.4 Å². The van der Waals surface area contributed by atoms with Gasteiger partial charge in [0.15, 0.2) is 0 Å². The molecule has 3 nitrogen and oxygen atoms in total. The molecule has 4 heteroatoms. The molecule has 1 saturated heterocycles. The molecule has 1 fully saturated rings. The van der Waals surface area contributed by atoms with Gasteiger partial charge < -0.3 is 5.32 Å². The third kappa shape index (κ3) is 4.32. The summed E-state index contributed by atoms with van der Waals surface area (Å²) >= 11 is 5.95. The number of carbonyl (C=O) groups is 1. The van der Waals surface area contributed by atoms with Crippen molar-refractivity contribution in [3.05, 3.63) is 47.1 Å². The van der Waals surface area contributed by atoms with Gasteiger partial charge in [-0.15, -0.1) is 0 Å². The second-order valence-corrected chi connectivity index (χ2v) is 6.36. The van der Waals surface area contributed by atoms with Crippen molar-refractivity contribution in [3.63, 3.8) is 0 Å². The Hall–Kier alpha value is -1.32. The second-order valence-electron chi connectivity index (χ2n) is 5.93. The molecule has 114 valence electrons. The predicted molar refractivity (Wildman–Crippen MR) is 87.6 cm³/mol. The van der Waals surface area contributed by atoms with Gasteiger partial charge in [-0.25, -0.2) is 0 Å². The Morgan fingerprint density at radius 1 is 1.38 bits per heavy atom. The van der Waals surface area contributed by atoms with Crippen LogP contribution in [-0.4, -0.2) is 36.9 Å². The van der Waals surface area contributed by atoms with Gasteiger partial charge in [-0.1, -0.05) is 44.2 Å². The van der Waals surface area contributed by atoms with Crippen LogP contribution in [0.4, 0.5) is 0 Å². The number of nitrogens with one attached hydrogen (secondary N) is 1. The van der Waals surface area contributed by atoms with Crippen molar-refractivity contribution in [1.82, 2.24) is 10.2 Å². The van der Waals surface area contributed by atoms with Crippen molar-refractivity contribution in [3.8, 4) is 0 Å². The minimum absolute atomic E-state index is 0.0248. The van der Waals surface area contributed by atoms with Crippen molar-refractivity contribution in [2.24, 2.45) is 5.92 Å². The zero-order chi connectivity index (χ0) is 15.4. The molecule has 0 radical (unpaired) electrons. The Labute approximate surface area is 132 Å². The third-order valence-corrected chi connectivity index (χ3v) is 4.10. The van der Waals surface area contributed by atoms with Crippen molar-refractivity contribution < 1.29 is 4.79 Å². The minimum atomic E-state index is -0.104. The number of rotatable bonds is 5. The molecule has 0 aliphatic carbocycles. The first kappa shape index (κ1) is 16.1. The third-order valence-electron chi connectivity index (χ3n) is 3.84. The second kappa shape index (κ2) is 7.10. The Morgan fingerprint density at radius 3 is 2.62 bits per heavy atom. The van der Waals surface area contributed by atoms with Gasteiger partial charge in [0, 0.05) is 42.8 Å². The van der Waals surface area contributed by atoms with Crippen molar-refractivity contribution in [2.75, 3.05) is 26.2 Å². The van der Waals surface area contributed by atoms with Crippen LogP contribution in [0.25, 0.3) is 0 Å². The van der Waals surface area contributed by atoms with Gasteiger partial charge in [0.25, 0.3) is 0 Å². The lowest BCUT2D eigenvalue weighted by Crippen LogP contribution is -2.44. The summed E-state index contributed by atoms with van der Waals surface area (Å²) in [5.41, 5.74) is 2.07. The van der Waals surface area contributed by atoms with Gasteiger partial charge in [-0.05, 0) is 17.7 Å². The minimum Gasteiger partial charge on any atom is -0.386 e. The number of Topliss-reactive ketones (excluding diaryl/α,β-unsaturated/α-hetero) is 1. The van der Waals surface area contributed by atoms with Crippen LogP contribution in [0.15, 0.2) is 36.5 Å². The van der Waals surface area contributed by atoms with Gasteiger partial charge in [0.1, 0.15) is 5.78 Å². The maximum absolute atomic E-state index is 12.6. The summed E-state index contributed by atoms with van der Waals surface area (Å²) in [6.07, 6.45) is 0. The molecule has 1 aliphatic heterocycles. The van der Waals surface area contributed by atoms with E-state index in [1.807, 2.05) is 38.1 Å². The number of benzene rings is 1. The van der Waals surface area contributed by atoms with Crippen LogP contribution >= 0.6 is 11.6 Å². The lowest BCUT2D eigenvalue weighted by Gasteiger charge is -2.32. The maximum Gasteiger partial charge on any atom is 0.144 e. The van der Waals surface area contributed by atoms with Crippen LogP contribution in [0, 0.1) is 5.92 Å². The molecular weight excluding hydrogens is 284 g/mol. The van der Waals surface area contributed by atoms with Crippen molar-refractivity contribution in [1.29, 1.82) is 0 Å². The first-order valence-electron chi connectivity index (χ1n) is 7.40. The van der Waals surface area contributed by atoms with Crippen LogP contribution in [0.1, 0.15) is 25.3 Å². The van der Waals surface area contributed by atoms with E-state index in [-0.39, 0.29) is 17.6 Å². The molecule has 1 N–H and O–H groups in total. The summed E-state index contributed by atoms with van der Waals surface area (Å²) in [4.78, 5) is 14.9. The number of carbonyl (C=O) groups excluding carboxylic acids is 1. The summed E-state index contributed by atoms with van der Waals surface area (Å²) in [5, 5.41) is 3.95. The van der Waals surface area contributed by atoms with Gasteiger partial charge in [-0.2, -0.15) is 0 Å². The Bertz CT molecular complexity index is 510. The first-order valence-corrected chi connectivity index (χ1v) is 7.78. The van der Waals surface area contributed by atoms with E-state index in [2.05, 4.69) is 16.8 Å². The van der Waals surface area contributed by atoms with E-state index in [0.29, 0.717) is 5.02 Å². The van der Waals surface area contributed by atoms with Gasteiger partial charge in [-0.3, -0.25) is 9.69 Å². The highest BCUT2D eigenvalue weighted by Gasteiger charge is 2.26. The molecule has 0 amide bonds. The highest BCUT2D eigenvalue weighted by Crippen LogP contribution is 2.24. The zero-order valence-corrected chi connectivity index (χ0v) is 13.5. The summed E-state index contributed by atoms with van der Waals surface area (Å²) in [5.74, 6) is 0.200. The highest BCUT2D eigenvalue weighted by molar-refractivity contribution is 6.30. The molecule has 1 atom stereocenters. The molecule has 2 rings (SSSR count). The average Bonchev–Trinajstić information content (AvgIpc) is 2.45. The van der Waals surface area contributed by atoms with Gasteiger partial charge in [0.05, 0.1) is 5.92 Å². The van der Waals surface area contributed by atoms with Crippen LogP contribution < -0.4 is 5.32 Å². The molecule has 1 aromatic carbocycles. The van der Waals surface area contributed by atoms with E-state index >= 15 is 0 Å². The zero-order valence-electron chi connectivity index (χ0n) is 12.7. The first-order chi connectivity index (χ1) is 9.97. The number of nitrogens with zero attached hydrogens (tertiary/aromatic N) is 1. The Kier molecular flexibility index (Phi) is 5.43.